The van der Waals surface area contributed by atoms with Crippen molar-refractivity contribution in [1.29, 1.82) is 0 Å². The highest BCUT2D eigenvalue weighted by Gasteiger charge is 2.43. The van der Waals surface area contributed by atoms with Gasteiger partial charge < -0.3 is 14.7 Å². The van der Waals surface area contributed by atoms with E-state index < -0.39 is 17.0 Å². The number of rotatable bonds is 4. The molecule has 1 N–H and O–H groups in total. The largest absolute Gasteiger partial charge is 0.481 e. The van der Waals surface area contributed by atoms with Crippen LogP contribution in [0.4, 0.5) is 4.79 Å². The van der Waals surface area contributed by atoms with Crippen molar-refractivity contribution < 1.29 is 19.4 Å². The zero-order chi connectivity index (χ0) is 15.7. The van der Waals surface area contributed by atoms with Crippen molar-refractivity contribution in [3.05, 3.63) is 0 Å². The van der Waals surface area contributed by atoms with Crippen molar-refractivity contribution >= 4 is 12.1 Å². The van der Waals surface area contributed by atoms with E-state index in [-0.39, 0.29) is 6.09 Å². The number of ether oxygens (including phenoxy) is 1. The normalized spacial score (nSPS) is 22.0. The van der Waals surface area contributed by atoms with E-state index in [0.29, 0.717) is 25.9 Å². The molecule has 1 saturated heterocycles. The van der Waals surface area contributed by atoms with Gasteiger partial charge in [0.1, 0.15) is 5.60 Å². The number of carbonyl (C=O) groups excluding carboxylic acids is 1. The molecule has 0 aromatic rings. The van der Waals surface area contributed by atoms with Gasteiger partial charge in [-0.1, -0.05) is 12.8 Å². The maximum absolute atomic E-state index is 12.0. The number of hydrogen-bond acceptors (Lipinski definition) is 3. The molecule has 0 bridgehead atoms. The van der Waals surface area contributed by atoms with E-state index in [4.69, 9.17) is 4.74 Å². The number of carbonyl (C=O) groups is 2. The molecule has 0 aromatic carbocycles. The lowest BCUT2D eigenvalue weighted by atomic mass is 9.74. The SMILES string of the molecule is CC(C)(C)OC(=O)N1CCC(CCC2CC2)(C(=O)O)CC1. The van der Waals surface area contributed by atoms with Gasteiger partial charge in [-0.25, -0.2) is 4.79 Å². The van der Waals surface area contributed by atoms with Crippen molar-refractivity contribution in [2.75, 3.05) is 13.1 Å². The summed E-state index contributed by atoms with van der Waals surface area (Å²) in [6, 6.07) is 0. The third kappa shape index (κ3) is 4.35. The molecule has 21 heavy (non-hydrogen) atoms. The fraction of sp³-hybridized carbons (Fsp3) is 0.875. The molecule has 0 atom stereocenters. The van der Waals surface area contributed by atoms with Gasteiger partial charge in [0.25, 0.3) is 0 Å². The lowest BCUT2D eigenvalue weighted by Gasteiger charge is -2.39. The highest BCUT2D eigenvalue weighted by atomic mass is 16.6. The Balaban J connectivity index is 1.89. The standard InChI is InChI=1S/C16H27NO4/c1-15(2,3)21-14(20)17-10-8-16(9-11-17,13(18)19)7-6-12-4-5-12/h12H,4-11H2,1-3H3,(H,18,19). The quantitative estimate of drug-likeness (QED) is 0.864. The molecule has 2 aliphatic rings. The third-order valence-electron chi connectivity index (χ3n) is 4.55. The van der Waals surface area contributed by atoms with Gasteiger partial charge in [0, 0.05) is 13.1 Å². The topological polar surface area (TPSA) is 66.8 Å². The molecule has 1 aliphatic heterocycles. The monoisotopic (exact) mass is 297 g/mol. The molecule has 0 spiro atoms. The third-order valence-corrected chi connectivity index (χ3v) is 4.55. The number of piperidine rings is 1. The van der Waals surface area contributed by atoms with E-state index in [1.54, 1.807) is 4.90 Å². The summed E-state index contributed by atoms with van der Waals surface area (Å²) in [5.41, 5.74) is -1.15. The maximum atomic E-state index is 12.0. The van der Waals surface area contributed by atoms with E-state index in [0.717, 1.165) is 18.8 Å². The Morgan fingerprint density at radius 2 is 1.81 bits per heavy atom. The summed E-state index contributed by atoms with van der Waals surface area (Å²) in [4.78, 5) is 25.3. The Morgan fingerprint density at radius 3 is 2.24 bits per heavy atom. The molecule has 0 radical (unpaired) electrons. The molecule has 5 nitrogen and oxygen atoms in total. The van der Waals surface area contributed by atoms with Crippen LogP contribution in [-0.2, 0) is 9.53 Å². The molecule has 0 unspecified atom stereocenters. The predicted octanol–water partition coefficient (Wildman–Crippen LogP) is 3.28. The summed E-state index contributed by atoms with van der Waals surface area (Å²) in [7, 11) is 0. The highest BCUT2D eigenvalue weighted by molar-refractivity contribution is 5.75. The van der Waals surface area contributed by atoms with Crippen LogP contribution in [0.3, 0.4) is 0 Å². The molecule has 5 heteroatoms. The second-order valence-electron chi connectivity index (χ2n) is 7.53. The Bertz CT molecular complexity index is 401. The fourth-order valence-electron chi connectivity index (χ4n) is 2.90. The van der Waals surface area contributed by atoms with Gasteiger partial charge in [0.2, 0.25) is 0 Å². The fourth-order valence-corrected chi connectivity index (χ4v) is 2.90. The first kappa shape index (κ1) is 16.1. The van der Waals surface area contributed by atoms with E-state index in [9.17, 15) is 14.7 Å². The zero-order valence-corrected chi connectivity index (χ0v) is 13.4. The number of aliphatic carboxylic acids is 1. The summed E-state index contributed by atoms with van der Waals surface area (Å²) in [6.07, 6.45) is 5.00. The van der Waals surface area contributed by atoms with Crippen molar-refractivity contribution in [3.8, 4) is 0 Å². The van der Waals surface area contributed by atoms with Gasteiger partial charge in [-0.05, 0) is 52.4 Å². The van der Waals surface area contributed by atoms with Crippen molar-refractivity contribution in [3.63, 3.8) is 0 Å². The van der Waals surface area contributed by atoms with Crippen LogP contribution >= 0.6 is 0 Å². The highest BCUT2D eigenvalue weighted by Crippen LogP contribution is 2.42. The minimum absolute atomic E-state index is 0.330. The van der Waals surface area contributed by atoms with E-state index in [1.807, 2.05) is 20.8 Å². The van der Waals surface area contributed by atoms with Gasteiger partial charge in [-0.2, -0.15) is 0 Å². The first-order chi connectivity index (χ1) is 9.72. The molecule has 1 amide bonds. The lowest BCUT2D eigenvalue weighted by Crippen LogP contribution is -2.48. The van der Waals surface area contributed by atoms with Crippen LogP contribution in [0.5, 0.6) is 0 Å². The summed E-state index contributed by atoms with van der Waals surface area (Å²) >= 11 is 0. The molecule has 2 rings (SSSR count). The molecule has 1 saturated carbocycles. The second kappa shape index (κ2) is 5.85. The Morgan fingerprint density at radius 1 is 1.24 bits per heavy atom. The van der Waals surface area contributed by atoms with Crippen LogP contribution in [0, 0.1) is 11.3 Å². The van der Waals surface area contributed by atoms with Gasteiger partial charge in [0.15, 0.2) is 0 Å². The van der Waals surface area contributed by atoms with Crippen LogP contribution in [0.2, 0.25) is 0 Å². The minimum atomic E-state index is -0.702. The summed E-state index contributed by atoms with van der Waals surface area (Å²) in [6.45, 7) is 6.47. The molecule has 1 aliphatic carbocycles. The van der Waals surface area contributed by atoms with Crippen molar-refractivity contribution in [2.45, 2.75) is 64.9 Å². The summed E-state index contributed by atoms with van der Waals surface area (Å²) in [5.74, 6) is 0.0390. The Kier molecular flexibility index (Phi) is 4.49. The average molecular weight is 297 g/mol. The van der Waals surface area contributed by atoms with Crippen LogP contribution in [-0.4, -0.2) is 40.8 Å². The van der Waals surface area contributed by atoms with Crippen molar-refractivity contribution in [1.82, 2.24) is 4.90 Å². The first-order valence-electron chi connectivity index (χ1n) is 7.93. The Labute approximate surface area is 126 Å². The van der Waals surface area contributed by atoms with Crippen molar-refractivity contribution in [2.24, 2.45) is 11.3 Å². The summed E-state index contributed by atoms with van der Waals surface area (Å²) in [5, 5.41) is 9.60. The zero-order valence-electron chi connectivity index (χ0n) is 13.4. The van der Waals surface area contributed by atoms with Gasteiger partial charge in [-0.3, -0.25) is 4.79 Å². The Hall–Kier alpha value is -1.26. The second-order valence-corrected chi connectivity index (χ2v) is 7.53. The van der Waals surface area contributed by atoms with Gasteiger partial charge in [-0.15, -0.1) is 0 Å². The van der Waals surface area contributed by atoms with E-state index >= 15 is 0 Å². The lowest BCUT2D eigenvalue weighted by molar-refractivity contribution is -0.152. The molecule has 2 fully saturated rings. The molecule has 1 heterocycles. The number of hydrogen-bond donors (Lipinski definition) is 1. The predicted molar refractivity (Wildman–Crippen MR) is 79.1 cm³/mol. The van der Waals surface area contributed by atoms with E-state index in [2.05, 4.69) is 0 Å². The van der Waals surface area contributed by atoms with E-state index in [1.165, 1.54) is 12.8 Å². The van der Waals surface area contributed by atoms with Crippen LogP contribution < -0.4 is 0 Å². The number of carboxylic acids is 1. The number of carboxylic acid groups (broad SMARTS) is 1. The number of likely N-dealkylation sites (tertiary alicyclic amines) is 1. The van der Waals surface area contributed by atoms with Gasteiger partial charge >= 0.3 is 12.1 Å². The smallest absolute Gasteiger partial charge is 0.410 e. The maximum Gasteiger partial charge on any atom is 0.410 e. The van der Waals surface area contributed by atoms with Crippen LogP contribution in [0.1, 0.15) is 59.3 Å². The molecular formula is C16H27NO4. The summed E-state index contributed by atoms with van der Waals surface area (Å²) < 4.78 is 5.35. The molecular weight excluding hydrogens is 270 g/mol. The molecule has 0 aromatic heterocycles. The average Bonchev–Trinajstić information content (AvgIpc) is 3.18. The minimum Gasteiger partial charge on any atom is -0.481 e. The first-order valence-corrected chi connectivity index (χ1v) is 7.93. The van der Waals surface area contributed by atoms with Crippen LogP contribution in [0.15, 0.2) is 0 Å². The van der Waals surface area contributed by atoms with Crippen LogP contribution in [0.25, 0.3) is 0 Å². The number of nitrogens with zero attached hydrogens (tertiary/aromatic N) is 1. The van der Waals surface area contributed by atoms with Gasteiger partial charge in [0.05, 0.1) is 5.41 Å². The molecule has 120 valence electrons. The number of amides is 1.